The molecule has 8 nitrogen and oxygen atoms in total. The molecule has 0 saturated carbocycles. The van der Waals surface area contributed by atoms with Gasteiger partial charge in [0.15, 0.2) is 0 Å². The lowest BCUT2D eigenvalue weighted by Gasteiger charge is -2.30. The van der Waals surface area contributed by atoms with Crippen molar-refractivity contribution in [2.75, 3.05) is 6.54 Å². The Morgan fingerprint density at radius 3 is 2.67 bits per heavy atom. The Hall–Kier alpha value is -2.23. The van der Waals surface area contributed by atoms with Crippen molar-refractivity contribution < 1.29 is 24.6 Å². The van der Waals surface area contributed by atoms with Gasteiger partial charge >= 0.3 is 0 Å². The maximum absolute atomic E-state index is 12.1. The zero-order valence-corrected chi connectivity index (χ0v) is 13.6. The Morgan fingerprint density at radius 1 is 1.29 bits per heavy atom. The average molecular weight is 353 g/mol. The van der Waals surface area contributed by atoms with Gasteiger partial charge in [0, 0.05) is 25.0 Å². The summed E-state index contributed by atoms with van der Waals surface area (Å²) in [5.41, 5.74) is 5.23. The Kier molecular flexibility index (Phi) is 6.07. The Labute approximate surface area is 142 Å². The molecule has 6 N–H and O–H groups in total. The Bertz CT molecular complexity index is 644. The maximum Gasteiger partial charge on any atom is 0.261 e. The molecule has 0 spiro atoms. The van der Waals surface area contributed by atoms with Crippen LogP contribution in [-0.2, 0) is 9.59 Å². The Morgan fingerprint density at radius 2 is 2.04 bits per heavy atom. The third-order valence-electron chi connectivity index (χ3n) is 3.56. The molecule has 1 aromatic rings. The fourth-order valence-corrected chi connectivity index (χ4v) is 2.93. The van der Waals surface area contributed by atoms with Crippen LogP contribution in [0.25, 0.3) is 0 Å². The fourth-order valence-electron chi connectivity index (χ4n) is 2.31. The number of nitrogens with two attached hydrogens (primary N) is 1. The van der Waals surface area contributed by atoms with E-state index in [1.54, 1.807) is 17.5 Å². The average Bonchev–Trinajstić information content (AvgIpc) is 3.05. The molecule has 0 aromatic carbocycles. The molecule has 2 rings (SSSR count). The number of carbonyl (C=O) groups is 3. The number of hydrogen-bond donors (Lipinski definition) is 5. The van der Waals surface area contributed by atoms with E-state index in [9.17, 15) is 24.6 Å². The largest absolute Gasteiger partial charge is 0.390 e. The van der Waals surface area contributed by atoms with Crippen LogP contribution in [0.1, 0.15) is 22.5 Å². The number of carbonyl (C=O) groups excluding carboxylic acids is 3. The summed E-state index contributed by atoms with van der Waals surface area (Å²) in [6.07, 6.45) is -1.02. The van der Waals surface area contributed by atoms with Gasteiger partial charge in [-0.25, -0.2) is 0 Å². The van der Waals surface area contributed by atoms with Gasteiger partial charge in [0.25, 0.3) is 5.91 Å². The normalized spacial score (nSPS) is 23.2. The predicted molar refractivity (Wildman–Crippen MR) is 87.1 cm³/mol. The van der Waals surface area contributed by atoms with E-state index in [1.807, 2.05) is 0 Å². The van der Waals surface area contributed by atoms with Gasteiger partial charge < -0.3 is 26.6 Å². The number of thiophene rings is 1. The number of aliphatic hydroxyl groups excluding tert-OH is 2. The molecule has 0 unspecified atom stereocenters. The van der Waals surface area contributed by atoms with Gasteiger partial charge in [0.1, 0.15) is 6.10 Å². The summed E-state index contributed by atoms with van der Waals surface area (Å²) in [6.45, 7) is 0.0797. The highest BCUT2D eigenvalue weighted by Gasteiger charge is 2.33. The molecule has 130 valence electrons. The molecule has 9 heteroatoms. The second-order valence-corrected chi connectivity index (χ2v) is 6.35. The summed E-state index contributed by atoms with van der Waals surface area (Å²) in [5.74, 6) is -1.41. The monoisotopic (exact) mass is 353 g/mol. The van der Waals surface area contributed by atoms with Gasteiger partial charge in [0.05, 0.1) is 17.0 Å². The standard InChI is InChI=1S/C15H19N3O5S/c16-12(20)3-4-17-14(22)8-6-9(13(21)10(19)7-8)18-15(23)11-2-1-5-24-11/h1-2,5-6,9-10,13,19,21H,3-4,7H2,(H2,16,20)(H,17,22)(H,18,23)/t9-,10-,13-/m1/s1. The number of rotatable bonds is 6. The SMILES string of the molecule is NC(=O)CCNC(=O)C1=C[C@@H](NC(=O)c2cccs2)[C@@H](O)[C@H](O)C1. The molecule has 0 radical (unpaired) electrons. The second-order valence-electron chi connectivity index (χ2n) is 5.40. The summed E-state index contributed by atoms with van der Waals surface area (Å²) in [4.78, 5) is 35.3. The molecule has 0 fully saturated rings. The number of hydrogen-bond acceptors (Lipinski definition) is 6. The molecule has 1 aliphatic carbocycles. The van der Waals surface area contributed by atoms with E-state index in [-0.39, 0.29) is 25.0 Å². The van der Waals surface area contributed by atoms with Crippen LogP contribution in [0.5, 0.6) is 0 Å². The second kappa shape index (κ2) is 8.04. The van der Waals surface area contributed by atoms with Crippen LogP contribution in [-0.4, -0.2) is 52.7 Å². The van der Waals surface area contributed by atoms with Gasteiger partial charge in [-0.2, -0.15) is 0 Å². The first kappa shape index (κ1) is 18.1. The molecule has 3 amide bonds. The smallest absolute Gasteiger partial charge is 0.261 e. The van der Waals surface area contributed by atoms with Crippen molar-refractivity contribution in [2.45, 2.75) is 31.1 Å². The highest BCUT2D eigenvalue weighted by molar-refractivity contribution is 7.12. The predicted octanol–water partition coefficient (Wildman–Crippen LogP) is -1.11. The first-order valence-electron chi connectivity index (χ1n) is 7.36. The Balaban J connectivity index is 2.04. The molecule has 1 aliphatic rings. The van der Waals surface area contributed by atoms with Crippen LogP contribution in [0.2, 0.25) is 0 Å². The third kappa shape index (κ3) is 4.63. The van der Waals surface area contributed by atoms with E-state index in [2.05, 4.69) is 10.6 Å². The molecule has 24 heavy (non-hydrogen) atoms. The van der Waals surface area contributed by atoms with Crippen LogP contribution >= 0.6 is 11.3 Å². The van der Waals surface area contributed by atoms with Crippen molar-refractivity contribution in [3.05, 3.63) is 34.0 Å². The summed E-state index contributed by atoms with van der Waals surface area (Å²) in [5, 5.41) is 26.8. The fraction of sp³-hybridized carbons (Fsp3) is 0.400. The number of primary amides is 1. The first-order valence-corrected chi connectivity index (χ1v) is 8.24. The molecular formula is C15H19N3O5S. The van der Waals surface area contributed by atoms with Gasteiger partial charge in [-0.15, -0.1) is 11.3 Å². The van der Waals surface area contributed by atoms with E-state index >= 15 is 0 Å². The van der Waals surface area contributed by atoms with Gasteiger partial charge in [-0.05, 0) is 11.4 Å². The molecule has 1 heterocycles. The van der Waals surface area contributed by atoms with Crippen LogP contribution in [0, 0.1) is 0 Å². The van der Waals surface area contributed by atoms with Crippen LogP contribution in [0.3, 0.4) is 0 Å². The molecular weight excluding hydrogens is 334 g/mol. The topological polar surface area (TPSA) is 142 Å². The minimum Gasteiger partial charge on any atom is -0.390 e. The van der Waals surface area contributed by atoms with Gasteiger partial charge in [-0.3, -0.25) is 14.4 Å². The molecule has 3 atom stereocenters. The molecule has 1 aromatic heterocycles. The number of amides is 3. The van der Waals surface area contributed by atoms with Crippen molar-refractivity contribution in [2.24, 2.45) is 5.73 Å². The van der Waals surface area contributed by atoms with Crippen molar-refractivity contribution in [1.82, 2.24) is 10.6 Å². The number of aliphatic hydroxyl groups is 2. The summed E-state index contributed by atoms with van der Waals surface area (Å²) in [7, 11) is 0. The van der Waals surface area contributed by atoms with Crippen molar-refractivity contribution in [3.8, 4) is 0 Å². The third-order valence-corrected chi connectivity index (χ3v) is 4.43. The van der Waals surface area contributed by atoms with E-state index in [1.165, 1.54) is 17.4 Å². The molecule has 0 aliphatic heterocycles. The maximum atomic E-state index is 12.1. The van der Waals surface area contributed by atoms with Crippen LogP contribution in [0.15, 0.2) is 29.2 Å². The summed E-state index contributed by atoms with van der Waals surface area (Å²) in [6, 6.07) is 2.46. The van der Waals surface area contributed by atoms with Crippen molar-refractivity contribution >= 4 is 29.1 Å². The van der Waals surface area contributed by atoms with E-state index in [4.69, 9.17) is 5.73 Å². The lowest BCUT2D eigenvalue weighted by Crippen LogP contribution is -2.51. The van der Waals surface area contributed by atoms with Gasteiger partial charge in [-0.1, -0.05) is 12.1 Å². The van der Waals surface area contributed by atoms with Crippen molar-refractivity contribution in [1.29, 1.82) is 0 Å². The summed E-state index contributed by atoms with van der Waals surface area (Å²) < 4.78 is 0. The highest BCUT2D eigenvalue weighted by Crippen LogP contribution is 2.20. The van der Waals surface area contributed by atoms with Crippen LogP contribution in [0.4, 0.5) is 0 Å². The molecule has 0 bridgehead atoms. The van der Waals surface area contributed by atoms with Gasteiger partial charge in [0.2, 0.25) is 11.8 Å². The van der Waals surface area contributed by atoms with E-state index < -0.39 is 36.0 Å². The van der Waals surface area contributed by atoms with E-state index in [0.29, 0.717) is 4.88 Å². The highest BCUT2D eigenvalue weighted by atomic mass is 32.1. The lowest BCUT2D eigenvalue weighted by molar-refractivity contribution is -0.119. The zero-order chi connectivity index (χ0) is 17.7. The molecule has 0 saturated heterocycles. The first-order chi connectivity index (χ1) is 11.4. The summed E-state index contributed by atoms with van der Waals surface area (Å²) >= 11 is 1.24. The van der Waals surface area contributed by atoms with E-state index in [0.717, 1.165) is 0 Å². The number of nitrogens with one attached hydrogen (secondary N) is 2. The zero-order valence-electron chi connectivity index (χ0n) is 12.8. The van der Waals surface area contributed by atoms with Crippen molar-refractivity contribution in [3.63, 3.8) is 0 Å². The lowest BCUT2D eigenvalue weighted by atomic mass is 9.90. The minimum absolute atomic E-state index is 0.00272. The minimum atomic E-state index is -1.21. The van der Waals surface area contributed by atoms with Crippen LogP contribution < -0.4 is 16.4 Å². The quantitative estimate of drug-likeness (QED) is 0.441.